The van der Waals surface area contributed by atoms with E-state index in [0.29, 0.717) is 16.1 Å². The molecule has 9 heteroatoms. The highest BCUT2D eigenvalue weighted by Crippen LogP contribution is 2.27. The Morgan fingerprint density at radius 3 is 2.37 bits per heavy atom. The fourth-order valence-electron chi connectivity index (χ4n) is 5.10. The Hall–Kier alpha value is -2.81. The first-order valence-electron chi connectivity index (χ1n) is 13.3. The predicted molar refractivity (Wildman–Crippen MR) is 157 cm³/mol. The average Bonchev–Trinajstić information content (AvgIpc) is 2.96. The maximum absolute atomic E-state index is 13.1. The minimum atomic E-state index is 0.110. The third-order valence-electron chi connectivity index (χ3n) is 7.37. The number of aryl methyl sites for hydroxylation is 1. The van der Waals surface area contributed by atoms with Crippen molar-refractivity contribution < 1.29 is 4.79 Å². The molecule has 1 aromatic heterocycles. The maximum atomic E-state index is 13.1. The van der Waals surface area contributed by atoms with E-state index in [0.717, 1.165) is 75.8 Å². The number of carbonyl (C=O) groups is 1. The van der Waals surface area contributed by atoms with E-state index in [-0.39, 0.29) is 5.91 Å². The Labute approximate surface area is 234 Å². The van der Waals surface area contributed by atoms with E-state index in [2.05, 4.69) is 63.9 Å². The highest BCUT2D eigenvalue weighted by atomic mass is 35.5. The molecular formula is C29H35ClN6OS. The number of aromatic nitrogens is 2. The van der Waals surface area contributed by atoms with Gasteiger partial charge in [-0.2, -0.15) is 0 Å². The summed E-state index contributed by atoms with van der Waals surface area (Å²) < 4.78 is 0. The molecule has 2 aromatic carbocycles. The Morgan fingerprint density at radius 2 is 1.63 bits per heavy atom. The van der Waals surface area contributed by atoms with Gasteiger partial charge < -0.3 is 19.6 Å². The molecule has 0 bridgehead atoms. The normalized spacial score (nSPS) is 16.7. The number of piperazine rings is 2. The van der Waals surface area contributed by atoms with Crippen molar-refractivity contribution in [1.82, 2.24) is 19.8 Å². The van der Waals surface area contributed by atoms with Crippen LogP contribution in [0.4, 0.5) is 11.5 Å². The molecule has 0 aliphatic carbocycles. The molecule has 2 aliphatic rings. The number of amides is 1. The molecule has 38 heavy (non-hydrogen) atoms. The summed E-state index contributed by atoms with van der Waals surface area (Å²) in [6.45, 7) is 12.4. The maximum Gasteiger partial charge on any atom is 0.253 e. The minimum Gasteiger partial charge on any atom is -0.368 e. The van der Waals surface area contributed by atoms with Crippen molar-refractivity contribution in [2.45, 2.75) is 24.8 Å². The smallest absolute Gasteiger partial charge is 0.253 e. The largest absolute Gasteiger partial charge is 0.368 e. The standard InChI is InChI=1S/C29H35ClN6OS/c1-3-33-11-13-36(14-12-33)28(37)24-9-6-8-23(19-24)21-38-29-31-26(30)20-27(32-29)35-17-15-34(16-18-35)25-10-5-4-7-22(25)2/h4-10,19-20H,3,11-18,21H2,1-2H3. The van der Waals surface area contributed by atoms with Crippen LogP contribution in [-0.4, -0.2) is 84.6 Å². The third kappa shape index (κ3) is 6.42. The van der Waals surface area contributed by atoms with Crippen LogP contribution in [0.25, 0.3) is 0 Å². The summed E-state index contributed by atoms with van der Waals surface area (Å²) in [5, 5.41) is 1.11. The SMILES string of the molecule is CCN1CCN(C(=O)c2cccc(CSc3nc(Cl)cc(N4CCN(c5ccccc5C)CC4)n3)c2)CC1. The molecule has 200 valence electrons. The number of rotatable bonds is 7. The van der Waals surface area contributed by atoms with Gasteiger partial charge in [-0.1, -0.05) is 60.6 Å². The molecule has 0 radical (unpaired) electrons. The lowest BCUT2D eigenvalue weighted by atomic mass is 10.1. The van der Waals surface area contributed by atoms with Crippen LogP contribution in [0.2, 0.25) is 5.15 Å². The second-order valence-corrected chi connectivity index (χ2v) is 11.1. The summed E-state index contributed by atoms with van der Waals surface area (Å²) in [6, 6.07) is 18.3. The summed E-state index contributed by atoms with van der Waals surface area (Å²) in [5.74, 6) is 1.65. The number of nitrogens with zero attached hydrogens (tertiary/aromatic N) is 6. The Bertz CT molecular complexity index is 1260. The Morgan fingerprint density at radius 1 is 0.895 bits per heavy atom. The summed E-state index contributed by atoms with van der Waals surface area (Å²) in [5.41, 5.74) is 4.42. The van der Waals surface area contributed by atoms with Gasteiger partial charge in [-0.3, -0.25) is 4.79 Å². The van der Waals surface area contributed by atoms with Gasteiger partial charge in [-0.25, -0.2) is 9.97 Å². The number of anilines is 2. The lowest BCUT2D eigenvalue weighted by molar-refractivity contribution is 0.0643. The third-order valence-corrected chi connectivity index (χ3v) is 8.48. The van der Waals surface area contributed by atoms with E-state index >= 15 is 0 Å². The first-order chi connectivity index (χ1) is 18.5. The lowest BCUT2D eigenvalue weighted by Crippen LogP contribution is -2.48. The quantitative estimate of drug-likeness (QED) is 0.237. The van der Waals surface area contributed by atoms with Crippen molar-refractivity contribution in [2.75, 3.05) is 68.7 Å². The summed E-state index contributed by atoms with van der Waals surface area (Å²) in [6.07, 6.45) is 0. The van der Waals surface area contributed by atoms with Crippen LogP contribution in [0.15, 0.2) is 59.8 Å². The molecule has 7 nitrogen and oxygen atoms in total. The molecule has 0 spiro atoms. The van der Waals surface area contributed by atoms with Gasteiger partial charge in [0.15, 0.2) is 5.16 Å². The second kappa shape index (κ2) is 12.4. The highest BCUT2D eigenvalue weighted by Gasteiger charge is 2.22. The van der Waals surface area contributed by atoms with Gasteiger partial charge in [0.25, 0.3) is 5.91 Å². The molecule has 2 saturated heterocycles. The van der Waals surface area contributed by atoms with Crippen LogP contribution in [0, 0.1) is 6.92 Å². The number of para-hydroxylation sites is 1. The summed E-state index contributed by atoms with van der Waals surface area (Å²) in [4.78, 5) is 31.4. The minimum absolute atomic E-state index is 0.110. The zero-order valence-electron chi connectivity index (χ0n) is 22.1. The lowest BCUT2D eigenvalue weighted by Gasteiger charge is -2.37. The monoisotopic (exact) mass is 550 g/mol. The molecule has 1 amide bonds. The van der Waals surface area contributed by atoms with E-state index in [4.69, 9.17) is 16.6 Å². The first kappa shape index (κ1) is 26.8. The molecular weight excluding hydrogens is 516 g/mol. The van der Waals surface area contributed by atoms with E-state index in [1.165, 1.54) is 11.3 Å². The van der Waals surface area contributed by atoms with Gasteiger partial charge >= 0.3 is 0 Å². The zero-order valence-corrected chi connectivity index (χ0v) is 23.7. The molecule has 0 atom stereocenters. The van der Waals surface area contributed by atoms with Gasteiger partial charge in [-0.15, -0.1) is 0 Å². The van der Waals surface area contributed by atoms with E-state index in [9.17, 15) is 4.79 Å². The Balaban J connectivity index is 1.19. The van der Waals surface area contributed by atoms with E-state index in [1.54, 1.807) is 11.8 Å². The van der Waals surface area contributed by atoms with Crippen molar-refractivity contribution in [3.63, 3.8) is 0 Å². The van der Waals surface area contributed by atoms with Gasteiger partial charge in [0, 0.05) is 75.4 Å². The predicted octanol–water partition coefficient (Wildman–Crippen LogP) is 4.84. The van der Waals surface area contributed by atoms with E-state index < -0.39 is 0 Å². The summed E-state index contributed by atoms with van der Waals surface area (Å²) >= 11 is 7.96. The van der Waals surface area contributed by atoms with E-state index in [1.807, 2.05) is 29.2 Å². The van der Waals surface area contributed by atoms with Crippen LogP contribution < -0.4 is 9.80 Å². The van der Waals surface area contributed by atoms with Gasteiger partial charge in [0.1, 0.15) is 11.0 Å². The van der Waals surface area contributed by atoms with Crippen LogP contribution in [0.5, 0.6) is 0 Å². The average molecular weight is 551 g/mol. The van der Waals surface area contributed by atoms with Crippen molar-refractivity contribution in [1.29, 1.82) is 0 Å². The summed E-state index contributed by atoms with van der Waals surface area (Å²) in [7, 11) is 0. The van der Waals surface area contributed by atoms with Crippen LogP contribution >= 0.6 is 23.4 Å². The van der Waals surface area contributed by atoms with Crippen molar-refractivity contribution in [3.8, 4) is 0 Å². The number of carbonyl (C=O) groups excluding carboxylic acids is 1. The molecule has 3 aromatic rings. The molecule has 2 aliphatic heterocycles. The van der Waals surface area contributed by atoms with Crippen molar-refractivity contribution in [3.05, 3.63) is 76.4 Å². The number of thioether (sulfide) groups is 1. The number of likely N-dealkylation sites (N-methyl/N-ethyl adjacent to an activating group) is 1. The molecule has 5 rings (SSSR count). The van der Waals surface area contributed by atoms with Gasteiger partial charge in [0.2, 0.25) is 0 Å². The number of hydrogen-bond acceptors (Lipinski definition) is 7. The number of hydrogen-bond donors (Lipinski definition) is 0. The zero-order chi connectivity index (χ0) is 26.5. The molecule has 3 heterocycles. The van der Waals surface area contributed by atoms with Gasteiger partial charge in [0.05, 0.1) is 0 Å². The molecule has 0 saturated carbocycles. The fourth-order valence-corrected chi connectivity index (χ4v) is 6.12. The van der Waals surface area contributed by atoms with Crippen LogP contribution in [-0.2, 0) is 5.75 Å². The van der Waals surface area contributed by atoms with Crippen LogP contribution in [0.1, 0.15) is 28.4 Å². The Kier molecular flexibility index (Phi) is 8.72. The first-order valence-corrected chi connectivity index (χ1v) is 14.7. The van der Waals surface area contributed by atoms with Crippen molar-refractivity contribution >= 4 is 40.8 Å². The number of halogens is 1. The highest BCUT2D eigenvalue weighted by molar-refractivity contribution is 7.98. The fraction of sp³-hybridized carbons (Fsp3) is 0.414. The molecule has 0 unspecified atom stereocenters. The van der Waals surface area contributed by atoms with Crippen molar-refractivity contribution in [2.24, 2.45) is 0 Å². The van der Waals surface area contributed by atoms with Gasteiger partial charge in [-0.05, 0) is 42.8 Å². The second-order valence-electron chi connectivity index (χ2n) is 9.81. The number of benzene rings is 2. The topological polar surface area (TPSA) is 55.8 Å². The molecule has 2 fully saturated rings. The molecule has 0 N–H and O–H groups in total. The van der Waals surface area contributed by atoms with Crippen LogP contribution in [0.3, 0.4) is 0 Å².